The Kier molecular flexibility index (Phi) is 3.61. The van der Waals surface area contributed by atoms with Crippen LogP contribution in [-0.2, 0) is 0 Å². The molecule has 0 spiro atoms. The summed E-state index contributed by atoms with van der Waals surface area (Å²) >= 11 is 0. The molecule has 1 aromatic carbocycles. The number of rotatable bonds is 3. The number of nitrogens with zero attached hydrogens (tertiary/aromatic N) is 3. The van der Waals surface area contributed by atoms with Gasteiger partial charge in [-0.2, -0.15) is 4.98 Å². The van der Waals surface area contributed by atoms with Crippen molar-refractivity contribution in [2.24, 2.45) is 0 Å². The van der Waals surface area contributed by atoms with Gasteiger partial charge in [-0.05, 0) is 37.6 Å². The Morgan fingerprint density at radius 3 is 2.57 bits per heavy atom. The molecule has 0 amide bonds. The molecular weight excluding hydrogens is 298 g/mol. The average Bonchev–Trinajstić information content (AvgIpc) is 2.95. The lowest BCUT2D eigenvalue weighted by Gasteiger charge is -2.08. The smallest absolute Gasteiger partial charge is 0.262 e. The van der Waals surface area contributed by atoms with Gasteiger partial charge in [-0.1, -0.05) is 5.16 Å². The van der Waals surface area contributed by atoms with Crippen molar-refractivity contribution in [3.63, 3.8) is 0 Å². The minimum atomic E-state index is -0.147. The predicted octanol–water partition coefficient (Wildman–Crippen LogP) is 2.84. The molecule has 0 saturated heterocycles. The number of pyridine rings is 1. The van der Waals surface area contributed by atoms with Gasteiger partial charge in [0.05, 0.1) is 18.2 Å². The first-order chi connectivity index (χ1) is 11.0. The summed E-state index contributed by atoms with van der Waals surface area (Å²) in [5.74, 6) is 0.663. The minimum Gasteiger partial charge on any atom is -0.508 e. The van der Waals surface area contributed by atoms with E-state index in [9.17, 15) is 10.2 Å². The van der Waals surface area contributed by atoms with Gasteiger partial charge in [0, 0.05) is 11.8 Å². The third kappa shape index (κ3) is 2.68. The summed E-state index contributed by atoms with van der Waals surface area (Å²) in [6.07, 6.45) is 0. The van der Waals surface area contributed by atoms with E-state index in [1.165, 1.54) is 25.3 Å². The van der Waals surface area contributed by atoms with Gasteiger partial charge >= 0.3 is 0 Å². The fourth-order valence-corrected chi connectivity index (χ4v) is 2.36. The van der Waals surface area contributed by atoms with E-state index < -0.39 is 0 Å². The Bertz CT molecular complexity index is 874. The van der Waals surface area contributed by atoms with Crippen LogP contribution in [0, 0.1) is 13.8 Å². The fraction of sp³-hybridized carbons (Fsp3) is 0.188. The standard InChI is InChI=1S/C16H15N3O4/c1-8-6-9(2)17-16(22-3)13(8)14-18-15(23-19-14)11-5-4-10(20)7-12(11)21/h4-7,20-21H,1-3H3. The number of aryl methyl sites for hydroxylation is 2. The number of hydrogen-bond acceptors (Lipinski definition) is 7. The summed E-state index contributed by atoms with van der Waals surface area (Å²) in [4.78, 5) is 8.61. The van der Waals surface area contributed by atoms with Crippen LogP contribution >= 0.6 is 0 Å². The van der Waals surface area contributed by atoms with E-state index in [2.05, 4.69) is 15.1 Å². The molecule has 2 heterocycles. The highest BCUT2D eigenvalue weighted by molar-refractivity contribution is 5.69. The first-order valence-corrected chi connectivity index (χ1v) is 6.88. The largest absolute Gasteiger partial charge is 0.508 e. The van der Waals surface area contributed by atoms with Crippen molar-refractivity contribution in [1.82, 2.24) is 15.1 Å². The third-order valence-corrected chi connectivity index (χ3v) is 3.37. The van der Waals surface area contributed by atoms with Crippen LogP contribution < -0.4 is 4.74 Å². The van der Waals surface area contributed by atoms with Crippen LogP contribution in [0.1, 0.15) is 11.3 Å². The van der Waals surface area contributed by atoms with Crippen LogP contribution in [0.4, 0.5) is 0 Å². The monoisotopic (exact) mass is 313 g/mol. The van der Waals surface area contributed by atoms with Gasteiger partial charge in [0.1, 0.15) is 11.5 Å². The van der Waals surface area contributed by atoms with Gasteiger partial charge in [-0.15, -0.1) is 0 Å². The number of benzene rings is 1. The molecule has 3 aromatic rings. The van der Waals surface area contributed by atoms with Crippen LogP contribution in [0.2, 0.25) is 0 Å². The normalized spacial score (nSPS) is 10.7. The Morgan fingerprint density at radius 1 is 1.09 bits per heavy atom. The zero-order valence-electron chi connectivity index (χ0n) is 12.9. The van der Waals surface area contributed by atoms with Crippen molar-refractivity contribution < 1.29 is 19.5 Å². The number of methoxy groups -OCH3 is 1. The molecule has 2 N–H and O–H groups in total. The van der Waals surface area contributed by atoms with E-state index in [-0.39, 0.29) is 17.4 Å². The predicted molar refractivity (Wildman–Crippen MR) is 82.3 cm³/mol. The summed E-state index contributed by atoms with van der Waals surface area (Å²) in [6.45, 7) is 3.77. The zero-order valence-corrected chi connectivity index (χ0v) is 12.9. The molecule has 0 aliphatic heterocycles. The summed E-state index contributed by atoms with van der Waals surface area (Å²) in [5.41, 5.74) is 2.68. The number of aromatic hydroxyl groups is 2. The van der Waals surface area contributed by atoms with Crippen LogP contribution in [0.25, 0.3) is 22.8 Å². The molecule has 0 unspecified atom stereocenters. The number of hydrogen-bond donors (Lipinski definition) is 2. The second kappa shape index (κ2) is 5.60. The number of ether oxygens (including phenoxy) is 1. The van der Waals surface area contributed by atoms with Gasteiger partial charge < -0.3 is 19.5 Å². The van der Waals surface area contributed by atoms with Gasteiger partial charge in [0.2, 0.25) is 11.7 Å². The van der Waals surface area contributed by atoms with Crippen molar-refractivity contribution in [2.75, 3.05) is 7.11 Å². The number of phenolic OH excluding ortho intramolecular Hbond substituents is 2. The fourth-order valence-electron chi connectivity index (χ4n) is 2.36. The van der Waals surface area contributed by atoms with Gasteiger partial charge in [-0.25, -0.2) is 4.98 Å². The molecule has 3 rings (SSSR count). The SMILES string of the molecule is COc1nc(C)cc(C)c1-c1noc(-c2ccc(O)cc2O)n1. The number of aromatic nitrogens is 3. The lowest BCUT2D eigenvalue weighted by atomic mass is 10.1. The molecule has 118 valence electrons. The Balaban J connectivity index is 2.09. The summed E-state index contributed by atoms with van der Waals surface area (Å²) in [7, 11) is 1.53. The highest BCUT2D eigenvalue weighted by atomic mass is 16.5. The molecule has 0 fully saturated rings. The highest BCUT2D eigenvalue weighted by Crippen LogP contribution is 2.34. The van der Waals surface area contributed by atoms with Crippen molar-refractivity contribution in [1.29, 1.82) is 0 Å². The summed E-state index contributed by atoms with van der Waals surface area (Å²) in [5, 5.41) is 23.2. The van der Waals surface area contributed by atoms with Gasteiger partial charge in [0.15, 0.2) is 0 Å². The average molecular weight is 313 g/mol. The minimum absolute atomic E-state index is 0.0498. The molecule has 0 aliphatic carbocycles. The Morgan fingerprint density at radius 2 is 1.87 bits per heavy atom. The van der Waals surface area contributed by atoms with Crippen LogP contribution in [0.5, 0.6) is 17.4 Å². The second-order valence-corrected chi connectivity index (χ2v) is 5.09. The van der Waals surface area contributed by atoms with Crippen LogP contribution in [0.3, 0.4) is 0 Å². The molecule has 23 heavy (non-hydrogen) atoms. The summed E-state index contributed by atoms with van der Waals surface area (Å²) in [6, 6.07) is 6.03. The molecule has 0 radical (unpaired) electrons. The molecule has 0 saturated carbocycles. The molecular formula is C16H15N3O4. The number of phenols is 2. The van der Waals surface area contributed by atoms with Crippen molar-refractivity contribution in [3.05, 3.63) is 35.5 Å². The van der Waals surface area contributed by atoms with Crippen LogP contribution in [0.15, 0.2) is 28.8 Å². The lowest BCUT2D eigenvalue weighted by molar-refractivity contribution is 0.396. The van der Waals surface area contributed by atoms with E-state index >= 15 is 0 Å². The van der Waals surface area contributed by atoms with Gasteiger partial charge in [-0.3, -0.25) is 0 Å². The van der Waals surface area contributed by atoms with Crippen LogP contribution in [-0.4, -0.2) is 32.4 Å². The quantitative estimate of drug-likeness (QED) is 0.766. The van der Waals surface area contributed by atoms with Crippen molar-refractivity contribution in [2.45, 2.75) is 13.8 Å². The molecule has 7 nitrogen and oxygen atoms in total. The molecule has 2 aromatic heterocycles. The first kappa shape index (κ1) is 14.8. The second-order valence-electron chi connectivity index (χ2n) is 5.09. The molecule has 0 atom stereocenters. The maximum atomic E-state index is 9.89. The molecule has 0 aliphatic rings. The van der Waals surface area contributed by atoms with E-state index in [0.29, 0.717) is 22.8 Å². The highest BCUT2D eigenvalue weighted by Gasteiger charge is 2.20. The van der Waals surface area contributed by atoms with Crippen molar-refractivity contribution >= 4 is 0 Å². The van der Waals surface area contributed by atoms with E-state index in [4.69, 9.17) is 9.26 Å². The van der Waals surface area contributed by atoms with Crippen molar-refractivity contribution in [3.8, 4) is 40.2 Å². The first-order valence-electron chi connectivity index (χ1n) is 6.88. The van der Waals surface area contributed by atoms with E-state index in [1.54, 1.807) is 0 Å². The Hall–Kier alpha value is -3.09. The Labute approximate surface area is 132 Å². The van der Waals surface area contributed by atoms with Gasteiger partial charge in [0.25, 0.3) is 5.89 Å². The maximum Gasteiger partial charge on any atom is 0.262 e. The molecule has 0 bridgehead atoms. The van der Waals surface area contributed by atoms with E-state index in [0.717, 1.165) is 11.3 Å². The maximum absolute atomic E-state index is 9.89. The topological polar surface area (TPSA) is 102 Å². The lowest BCUT2D eigenvalue weighted by Crippen LogP contribution is -1.97. The third-order valence-electron chi connectivity index (χ3n) is 3.37. The zero-order chi connectivity index (χ0) is 16.6. The van der Waals surface area contributed by atoms with E-state index in [1.807, 2.05) is 19.9 Å². The molecule has 7 heteroatoms. The summed E-state index contributed by atoms with van der Waals surface area (Å²) < 4.78 is 10.5.